The molecule has 0 saturated carbocycles. The smallest absolute Gasteiger partial charge is 0.268 e. The molecule has 0 amide bonds. The van der Waals surface area contributed by atoms with Gasteiger partial charge in [-0.2, -0.15) is 18.2 Å². The summed E-state index contributed by atoms with van der Waals surface area (Å²) in [6, 6.07) is -13.0. The molecular formula is C98H78N4OPtSi2-2. The largest absolute Gasteiger partial charge is 0.510 e. The quantitative estimate of drug-likeness (QED) is 0.0418. The van der Waals surface area contributed by atoms with Crippen molar-refractivity contribution in [2.45, 2.75) is 52.4 Å². The van der Waals surface area contributed by atoms with Gasteiger partial charge in [0.2, 0.25) is 0 Å². The van der Waals surface area contributed by atoms with E-state index in [-0.39, 0.29) is 54.7 Å². The molecule has 106 heavy (non-hydrogen) atoms. The number of fused-ring (bicyclic) bond motifs is 4. The minimum atomic E-state index is -7.14. The summed E-state index contributed by atoms with van der Waals surface area (Å²) in [6.07, 6.45) is 5.03. The van der Waals surface area contributed by atoms with E-state index in [2.05, 4.69) is 39.2 Å². The average molecular weight is 1620 g/mol. The van der Waals surface area contributed by atoms with E-state index in [1.54, 1.807) is 36.5 Å². The third-order valence-corrected chi connectivity index (χ3v) is 26.6. The zero-order valence-corrected chi connectivity index (χ0v) is 61.4. The van der Waals surface area contributed by atoms with Gasteiger partial charge in [-0.3, -0.25) is 4.57 Å². The fourth-order valence-corrected chi connectivity index (χ4v) is 21.0. The summed E-state index contributed by atoms with van der Waals surface area (Å²) < 4.78 is 399. The number of ether oxygens (including phenoxy) is 1. The van der Waals surface area contributed by atoms with Gasteiger partial charge >= 0.3 is 0 Å². The summed E-state index contributed by atoms with van der Waals surface area (Å²) in [5.74, 6) is 0.542. The zero-order chi connectivity index (χ0) is 105. The number of rotatable bonds is 16. The Labute approximate surface area is 693 Å². The van der Waals surface area contributed by atoms with Gasteiger partial charge in [0.15, 0.2) is 16.1 Å². The van der Waals surface area contributed by atoms with Gasteiger partial charge in [-0.05, 0) is 138 Å². The van der Waals surface area contributed by atoms with Crippen molar-refractivity contribution in [2.75, 3.05) is 0 Å². The van der Waals surface area contributed by atoms with Crippen molar-refractivity contribution >= 4 is 90.5 Å². The Kier molecular flexibility index (Phi) is 10.0. The van der Waals surface area contributed by atoms with Gasteiger partial charge in [0.25, 0.3) is 6.33 Å². The number of para-hydroxylation sites is 1. The van der Waals surface area contributed by atoms with Crippen LogP contribution >= 0.6 is 0 Å². The monoisotopic (exact) mass is 1620 g/mol. The van der Waals surface area contributed by atoms with Gasteiger partial charge in [0, 0.05) is 44.3 Å². The second-order valence-corrected chi connectivity index (χ2v) is 33.6. The molecule has 17 rings (SSSR count). The standard InChI is InChI=1S/C98H78N4OSi2.Pt/c1-97(2,3)75-55-52-71(53-56-75)72-54-59-91-93(64-72)100(77-35-31-36-78(67-77)103-79-57-58-88-87-50-28-29-51-90(87)102(92(88)68-79)95-66-76(60-61-99-95)98(4,5)6)69-101(91)96-89(73-34-30-49-86(62-73)104(80-37-16-8-17-38-80,81-39-18-9-19-40-81)82-41-20-10-21-42-82)63-74(70-32-14-7-15-33-70)65-94(96)105(83-43-22-11-23-44-83,84-45-24-12-25-46-84)85-47-26-13-27-48-85;/h7-66H,1-6H3;/q-2;/i7D,8D,9D,10D,11D,12D,13D,14D,15D,16D,17D,18D,19D,20D,21D,22D,23D,24D,25D,26D,27D,30D,32D,33D,34D,37D,38D,39D,40D,41D,42D,43D,44D,45D,46D,47D,48D,49D,62D;. The van der Waals surface area contributed by atoms with Crippen LogP contribution in [-0.4, -0.2) is 30.3 Å². The first-order valence-electron chi connectivity index (χ1n) is 52.5. The Morgan fingerprint density at radius 2 is 0.925 bits per heavy atom. The first kappa shape index (κ1) is 37.4. The van der Waals surface area contributed by atoms with Crippen LogP contribution in [0.2, 0.25) is 0 Å². The van der Waals surface area contributed by atoms with E-state index in [9.17, 15) is 48.0 Å². The van der Waals surface area contributed by atoms with Gasteiger partial charge in [-0.25, -0.2) is 4.98 Å². The molecule has 14 aromatic carbocycles. The zero-order valence-electron chi connectivity index (χ0n) is 96.1. The third kappa shape index (κ3) is 12.4. The van der Waals surface area contributed by atoms with E-state index in [1.165, 1.54) is 28.8 Å². The van der Waals surface area contributed by atoms with Crippen molar-refractivity contribution in [3.05, 3.63) is 393 Å². The van der Waals surface area contributed by atoms with E-state index in [4.69, 9.17) is 15.2 Å². The maximum absolute atomic E-state index is 11.7. The predicted octanol–water partition coefficient (Wildman–Crippen LogP) is 17.9. The molecule has 0 N–H and O–H groups in total. The third-order valence-electron chi connectivity index (χ3n) is 18.4. The van der Waals surface area contributed by atoms with Crippen LogP contribution in [0.4, 0.5) is 0 Å². The van der Waals surface area contributed by atoms with Gasteiger partial charge < -0.3 is 13.9 Å². The first-order valence-corrected chi connectivity index (χ1v) is 37.0. The molecule has 0 aliphatic carbocycles. The number of aromatic nitrogens is 4. The molecule has 3 heterocycles. The molecule has 0 aliphatic rings. The van der Waals surface area contributed by atoms with Gasteiger partial charge in [-0.1, -0.05) is 343 Å². The molecule has 0 fully saturated rings. The molecule has 8 heteroatoms. The number of pyridine rings is 1. The van der Waals surface area contributed by atoms with Crippen molar-refractivity contribution < 1.29 is 83.8 Å². The molecule has 3 aromatic heterocycles. The van der Waals surface area contributed by atoms with Crippen molar-refractivity contribution in [1.29, 1.82) is 0 Å². The summed E-state index contributed by atoms with van der Waals surface area (Å²) >= 11 is 0. The van der Waals surface area contributed by atoms with Crippen LogP contribution in [0.5, 0.6) is 11.5 Å². The molecule has 0 saturated heterocycles. The van der Waals surface area contributed by atoms with Gasteiger partial charge in [0.05, 0.1) is 70.2 Å². The second-order valence-electron chi connectivity index (χ2n) is 26.6. The van der Waals surface area contributed by atoms with Crippen LogP contribution in [0.1, 0.15) is 106 Å². The van der Waals surface area contributed by atoms with E-state index < -0.39 is 327 Å². The van der Waals surface area contributed by atoms with E-state index in [0.29, 0.717) is 22.5 Å². The minimum Gasteiger partial charge on any atom is -0.510 e. The van der Waals surface area contributed by atoms with Crippen LogP contribution in [-0.2, 0) is 31.9 Å². The summed E-state index contributed by atoms with van der Waals surface area (Å²) in [6.45, 7) is 12.1. The summed E-state index contributed by atoms with van der Waals surface area (Å²) in [7, 11) is -14.2. The molecule has 0 bridgehead atoms. The molecular weight excluding hydrogens is 1500 g/mol. The first-order chi connectivity index (χ1) is 67.5. The maximum atomic E-state index is 11.7. The average Bonchev–Trinajstić information content (AvgIpc) is 1.63. The summed E-state index contributed by atoms with van der Waals surface area (Å²) in [5.41, 5.74) is -2.63. The number of benzene rings is 14. The van der Waals surface area contributed by atoms with Crippen molar-refractivity contribution in [2.24, 2.45) is 0 Å². The Morgan fingerprint density at radius 3 is 1.50 bits per heavy atom. The second kappa shape index (κ2) is 28.5. The Bertz CT molecular complexity index is 7990. The fourth-order valence-electron chi connectivity index (χ4n) is 13.4. The fraction of sp³-hybridized carbons (Fsp3) is 0.0816. The molecule has 17 aromatic rings. The number of hydrogen-bond donors (Lipinski definition) is 0. The van der Waals surface area contributed by atoms with E-state index in [1.807, 2.05) is 79.9 Å². The molecule has 0 aliphatic heterocycles. The molecule has 5 nitrogen and oxygen atoms in total. The predicted molar refractivity (Wildman–Crippen MR) is 441 cm³/mol. The van der Waals surface area contributed by atoms with Gasteiger partial charge in [0.1, 0.15) is 5.82 Å². The molecule has 0 spiro atoms. The molecule has 0 unspecified atom stereocenters. The number of imidazole rings is 1. The maximum Gasteiger partial charge on any atom is 0.268 e. The molecule has 0 atom stereocenters. The number of nitrogens with zero attached hydrogens (tertiary/aromatic N) is 4. The molecule has 0 radical (unpaired) electrons. The Hall–Kier alpha value is -11.6. The Balaban J connectivity index is 0.0000151. The topological polar surface area (TPSA) is 35.9 Å². The van der Waals surface area contributed by atoms with Crippen LogP contribution < -0.4 is 50.8 Å². The summed E-state index contributed by atoms with van der Waals surface area (Å²) in [4.78, 5) is 4.84. The van der Waals surface area contributed by atoms with Crippen molar-refractivity contribution in [1.82, 2.24) is 14.1 Å². The minimum absolute atomic E-state index is 0. The van der Waals surface area contributed by atoms with Crippen molar-refractivity contribution in [3.8, 4) is 62.1 Å². The van der Waals surface area contributed by atoms with Gasteiger partial charge in [-0.15, -0.1) is 29.7 Å². The Morgan fingerprint density at radius 1 is 0.406 bits per heavy atom. The van der Waals surface area contributed by atoms with Crippen LogP contribution in [0.3, 0.4) is 0 Å². The molecule has 516 valence electrons. The normalized spacial score (nSPS) is 17.1. The van der Waals surface area contributed by atoms with Crippen molar-refractivity contribution in [3.63, 3.8) is 0 Å². The summed E-state index contributed by atoms with van der Waals surface area (Å²) in [5, 5.41) is -8.86. The van der Waals surface area contributed by atoms with E-state index in [0.717, 1.165) is 44.1 Å². The van der Waals surface area contributed by atoms with Crippen LogP contribution in [0.15, 0.2) is 363 Å². The van der Waals surface area contributed by atoms with Crippen LogP contribution in [0.25, 0.3) is 83.4 Å². The van der Waals surface area contributed by atoms with Crippen LogP contribution in [0, 0.1) is 18.5 Å². The van der Waals surface area contributed by atoms with E-state index >= 15 is 0 Å². The SMILES string of the molecule is [2H]c1c([2H])c([2H])c(-c2cc(-c3c([2H])c([2H])c([2H])c([Si](c4c([2H])c([2H])c([2H])c([2H])c4[2H])(c4c([2H])c([2H])c([2H])c([2H])c4[2H])c4c([2H])c([2H])c([2H])c([2H])c4[2H])c3[2H])c(-[n+]3[c-]n(-c4[c-]c(Oc5[c-]c6c(cc5)c5ccccc5n6-c5cc(C(C)(C)C)ccn5)ccc4)c4cc(-c5ccc(C(C)(C)C)cc5)ccc43)c([Si](c3c([2H])c([2H])c([2H])c([2H])c3[2H])(c3c([2H])c([2H])c([2H])c([2H])c3[2H])c3c([2H])c([2H])c([2H])c([2H])c3[2H])c2)c([2H])c1[2H].[Pt]. The number of hydrogen-bond acceptors (Lipinski definition) is 2.